The zero-order valence-corrected chi connectivity index (χ0v) is 13.7. The highest BCUT2D eigenvalue weighted by molar-refractivity contribution is 5.60. The van der Waals surface area contributed by atoms with Crippen LogP contribution in [0.4, 0.5) is 17.3 Å². The van der Waals surface area contributed by atoms with Crippen LogP contribution < -0.4 is 15.4 Å². The number of nitrogens with one attached hydrogen (secondary N) is 2. The molecule has 24 heavy (non-hydrogen) atoms. The number of methoxy groups -OCH3 is 1. The molecule has 6 heteroatoms. The molecule has 3 aromatic rings. The highest BCUT2D eigenvalue weighted by atomic mass is 16.5. The van der Waals surface area contributed by atoms with Crippen LogP contribution in [-0.2, 0) is 6.54 Å². The number of nitrogens with zero attached hydrogens (tertiary/aromatic N) is 3. The van der Waals surface area contributed by atoms with E-state index in [2.05, 4.69) is 25.6 Å². The Bertz CT molecular complexity index is 808. The first kappa shape index (κ1) is 15.7. The first-order valence-electron chi connectivity index (χ1n) is 7.62. The summed E-state index contributed by atoms with van der Waals surface area (Å²) in [4.78, 5) is 12.9. The lowest BCUT2D eigenvalue weighted by Gasteiger charge is -2.11. The number of hydrogen-bond acceptors (Lipinski definition) is 6. The second-order valence-corrected chi connectivity index (χ2v) is 5.26. The lowest BCUT2D eigenvalue weighted by atomic mass is 10.3. The Morgan fingerprint density at radius 1 is 1.04 bits per heavy atom. The van der Waals surface area contributed by atoms with E-state index in [1.165, 1.54) is 0 Å². The molecule has 3 rings (SSSR count). The molecule has 0 bridgehead atoms. The van der Waals surface area contributed by atoms with Crippen molar-refractivity contribution in [1.82, 2.24) is 15.0 Å². The number of anilines is 3. The summed E-state index contributed by atoms with van der Waals surface area (Å²) in [6, 6.07) is 13.5. The van der Waals surface area contributed by atoms with Crippen molar-refractivity contribution in [2.75, 3.05) is 17.7 Å². The average Bonchev–Trinajstić information content (AvgIpc) is 2.60. The van der Waals surface area contributed by atoms with Crippen LogP contribution in [0.1, 0.15) is 11.4 Å². The molecule has 0 aliphatic heterocycles. The van der Waals surface area contributed by atoms with Gasteiger partial charge in [-0.15, -0.1) is 0 Å². The van der Waals surface area contributed by atoms with Crippen LogP contribution in [0.2, 0.25) is 0 Å². The van der Waals surface area contributed by atoms with Crippen molar-refractivity contribution in [3.05, 3.63) is 66.2 Å². The fourth-order valence-corrected chi connectivity index (χ4v) is 2.27. The molecule has 2 aromatic heterocycles. The molecule has 0 aliphatic carbocycles. The van der Waals surface area contributed by atoms with Crippen molar-refractivity contribution in [3.8, 4) is 5.75 Å². The summed E-state index contributed by atoms with van der Waals surface area (Å²) in [6.07, 6.45) is 3.59. The molecule has 1 aromatic carbocycles. The van der Waals surface area contributed by atoms with Crippen molar-refractivity contribution in [3.63, 3.8) is 0 Å². The summed E-state index contributed by atoms with van der Waals surface area (Å²) in [5, 5.41) is 6.57. The van der Waals surface area contributed by atoms with Crippen LogP contribution in [-0.4, -0.2) is 22.1 Å². The molecule has 0 fully saturated rings. The summed E-state index contributed by atoms with van der Waals surface area (Å²) in [6.45, 7) is 2.52. The van der Waals surface area contributed by atoms with Crippen molar-refractivity contribution in [2.24, 2.45) is 0 Å². The SMILES string of the molecule is COc1cccc(Nc2cc(NCc3cccnc3)nc(C)n2)c1. The first-order valence-corrected chi connectivity index (χ1v) is 7.62. The van der Waals surface area contributed by atoms with Gasteiger partial charge < -0.3 is 15.4 Å². The smallest absolute Gasteiger partial charge is 0.136 e. The third-order valence-corrected chi connectivity index (χ3v) is 3.38. The standard InChI is InChI=1S/C18H19N5O/c1-13-21-17(20-12-14-5-4-8-19-11-14)10-18(22-13)23-15-6-3-7-16(9-15)24-2/h3-11H,12H2,1-2H3,(H2,20,21,22,23). The summed E-state index contributed by atoms with van der Waals surface area (Å²) < 4.78 is 5.24. The molecule has 0 aliphatic rings. The molecule has 2 N–H and O–H groups in total. The maximum atomic E-state index is 5.24. The summed E-state index contributed by atoms with van der Waals surface area (Å²) in [7, 11) is 1.65. The van der Waals surface area contributed by atoms with Crippen molar-refractivity contribution in [1.29, 1.82) is 0 Å². The van der Waals surface area contributed by atoms with Crippen LogP contribution in [0, 0.1) is 6.92 Å². The lowest BCUT2D eigenvalue weighted by Crippen LogP contribution is -2.05. The Morgan fingerprint density at radius 2 is 1.92 bits per heavy atom. The van der Waals surface area contributed by atoms with Crippen LogP contribution in [0.3, 0.4) is 0 Å². The molecular weight excluding hydrogens is 302 g/mol. The molecular formula is C18H19N5O. The van der Waals surface area contributed by atoms with Gasteiger partial charge in [0.2, 0.25) is 0 Å². The lowest BCUT2D eigenvalue weighted by molar-refractivity contribution is 0.415. The number of benzene rings is 1. The number of rotatable bonds is 6. The molecule has 0 unspecified atom stereocenters. The highest BCUT2D eigenvalue weighted by Gasteiger charge is 2.04. The monoisotopic (exact) mass is 321 g/mol. The van der Waals surface area contributed by atoms with Crippen molar-refractivity contribution < 1.29 is 4.74 Å². The average molecular weight is 321 g/mol. The van der Waals surface area contributed by atoms with Gasteiger partial charge in [0.25, 0.3) is 0 Å². The predicted octanol–water partition coefficient (Wildman–Crippen LogP) is 3.54. The minimum absolute atomic E-state index is 0.656. The van der Waals surface area contributed by atoms with Gasteiger partial charge in [-0.25, -0.2) is 9.97 Å². The van der Waals surface area contributed by atoms with Gasteiger partial charge in [-0.2, -0.15) is 0 Å². The molecule has 0 atom stereocenters. The minimum Gasteiger partial charge on any atom is -0.497 e. The van der Waals surface area contributed by atoms with Crippen LogP contribution in [0.15, 0.2) is 54.9 Å². The predicted molar refractivity (Wildman–Crippen MR) is 94.6 cm³/mol. The summed E-state index contributed by atoms with van der Waals surface area (Å²) in [5.41, 5.74) is 2.00. The van der Waals surface area contributed by atoms with Crippen LogP contribution in [0.5, 0.6) is 5.75 Å². The second kappa shape index (κ2) is 7.41. The Hall–Kier alpha value is -3.15. The minimum atomic E-state index is 0.656. The Morgan fingerprint density at radius 3 is 2.71 bits per heavy atom. The fraction of sp³-hybridized carbons (Fsp3) is 0.167. The summed E-state index contributed by atoms with van der Waals surface area (Å²) in [5.74, 6) is 2.97. The maximum Gasteiger partial charge on any atom is 0.136 e. The van der Waals surface area contributed by atoms with Gasteiger partial charge in [0.05, 0.1) is 7.11 Å². The van der Waals surface area contributed by atoms with E-state index in [1.807, 2.05) is 55.6 Å². The molecule has 0 spiro atoms. The van der Waals surface area contributed by atoms with E-state index in [4.69, 9.17) is 4.74 Å². The highest BCUT2D eigenvalue weighted by Crippen LogP contribution is 2.21. The zero-order valence-electron chi connectivity index (χ0n) is 13.7. The van der Waals surface area contributed by atoms with E-state index in [0.29, 0.717) is 12.4 Å². The van der Waals surface area contributed by atoms with E-state index >= 15 is 0 Å². The van der Waals surface area contributed by atoms with E-state index in [-0.39, 0.29) is 0 Å². The first-order chi connectivity index (χ1) is 11.7. The maximum absolute atomic E-state index is 5.24. The van der Waals surface area contributed by atoms with Gasteiger partial charge in [0, 0.05) is 36.8 Å². The fourth-order valence-electron chi connectivity index (χ4n) is 2.27. The largest absolute Gasteiger partial charge is 0.497 e. The van der Waals surface area contributed by atoms with E-state index in [1.54, 1.807) is 13.3 Å². The summed E-state index contributed by atoms with van der Waals surface area (Å²) >= 11 is 0. The quantitative estimate of drug-likeness (QED) is 0.723. The van der Waals surface area contributed by atoms with Gasteiger partial charge >= 0.3 is 0 Å². The second-order valence-electron chi connectivity index (χ2n) is 5.26. The van der Waals surface area contributed by atoms with Gasteiger partial charge in [0.1, 0.15) is 23.2 Å². The molecule has 122 valence electrons. The number of aryl methyl sites for hydroxylation is 1. The van der Waals surface area contributed by atoms with Gasteiger partial charge in [-0.1, -0.05) is 12.1 Å². The van der Waals surface area contributed by atoms with Gasteiger partial charge in [0.15, 0.2) is 0 Å². The normalized spacial score (nSPS) is 10.2. The Balaban J connectivity index is 1.73. The molecule has 2 heterocycles. The van der Waals surface area contributed by atoms with E-state index < -0.39 is 0 Å². The van der Waals surface area contributed by atoms with Gasteiger partial charge in [-0.3, -0.25) is 4.98 Å². The zero-order chi connectivity index (χ0) is 16.8. The van der Waals surface area contributed by atoms with Gasteiger partial charge in [-0.05, 0) is 30.7 Å². The topological polar surface area (TPSA) is 72.0 Å². The molecule has 0 saturated carbocycles. The number of hydrogen-bond donors (Lipinski definition) is 2. The Kier molecular flexibility index (Phi) is 4.86. The van der Waals surface area contributed by atoms with Crippen LogP contribution >= 0.6 is 0 Å². The van der Waals surface area contributed by atoms with Crippen LogP contribution in [0.25, 0.3) is 0 Å². The van der Waals surface area contributed by atoms with E-state index in [0.717, 1.165) is 28.6 Å². The van der Waals surface area contributed by atoms with Crippen molar-refractivity contribution in [2.45, 2.75) is 13.5 Å². The van der Waals surface area contributed by atoms with E-state index in [9.17, 15) is 0 Å². The van der Waals surface area contributed by atoms with Crippen molar-refractivity contribution >= 4 is 17.3 Å². The molecule has 6 nitrogen and oxygen atoms in total. The third-order valence-electron chi connectivity index (χ3n) is 3.38. The Labute approximate surface area is 141 Å². The molecule has 0 saturated heterocycles. The molecule has 0 amide bonds. The number of pyridine rings is 1. The third kappa shape index (κ3) is 4.19. The number of ether oxygens (including phenoxy) is 1. The number of aromatic nitrogens is 3. The molecule has 0 radical (unpaired) electrons.